The van der Waals surface area contributed by atoms with Gasteiger partial charge in [0.2, 0.25) is 0 Å². The highest BCUT2D eigenvalue weighted by Gasteiger charge is 1.91. The molecule has 0 unspecified atom stereocenters. The van der Waals surface area contributed by atoms with Gasteiger partial charge in [0.1, 0.15) is 4.60 Å². The first kappa shape index (κ1) is 9.55. The highest BCUT2D eigenvalue weighted by atomic mass is 79.9. The Balaban J connectivity index is 2.18. The van der Waals surface area contributed by atoms with E-state index in [4.69, 9.17) is 0 Å². The third-order valence-corrected chi connectivity index (χ3v) is 2.73. The predicted octanol–water partition coefficient (Wildman–Crippen LogP) is 3.66. The van der Waals surface area contributed by atoms with Gasteiger partial charge in [0, 0.05) is 11.8 Å². The first-order valence-electron chi connectivity index (χ1n) is 4.03. The van der Waals surface area contributed by atoms with Crippen LogP contribution in [0, 0.1) is 0 Å². The van der Waals surface area contributed by atoms with Gasteiger partial charge in [-0.3, -0.25) is 0 Å². The molecule has 2 nitrogen and oxygen atoms in total. The van der Waals surface area contributed by atoms with Crippen LogP contribution in [0.25, 0.3) is 0 Å². The minimum Gasteiger partial charge on any atom is -0.236 e. The van der Waals surface area contributed by atoms with Crippen molar-refractivity contribution < 1.29 is 0 Å². The van der Waals surface area contributed by atoms with Gasteiger partial charge in [0.25, 0.3) is 0 Å². The Labute approximate surface area is 94.5 Å². The molecule has 0 saturated heterocycles. The Hall–Kier alpha value is -1.00. The summed E-state index contributed by atoms with van der Waals surface area (Å²) in [6.45, 7) is 0. The van der Waals surface area contributed by atoms with Crippen LogP contribution >= 0.6 is 27.3 Å². The van der Waals surface area contributed by atoms with Crippen LogP contribution in [-0.4, -0.2) is 11.2 Å². The quantitative estimate of drug-likeness (QED) is 0.602. The molecular formula is C10H7BrN2S. The fourth-order valence-electron chi connectivity index (χ4n) is 0.959. The van der Waals surface area contributed by atoms with E-state index in [1.807, 2.05) is 41.2 Å². The molecule has 0 bridgehead atoms. The molecule has 0 aliphatic rings. The second-order valence-electron chi connectivity index (χ2n) is 2.63. The summed E-state index contributed by atoms with van der Waals surface area (Å²) >= 11 is 4.95. The van der Waals surface area contributed by atoms with Crippen molar-refractivity contribution in [3.8, 4) is 0 Å². The molecule has 0 atom stereocenters. The zero-order valence-electron chi connectivity index (χ0n) is 7.22. The number of hydrogen-bond acceptors (Lipinski definition) is 3. The van der Waals surface area contributed by atoms with Gasteiger partial charge in [-0.15, -0.1) is 0 Å². The highest BCUT2D eigenvalue weighted by molar-refractivity contribution is 9.10. The summed E-state index contributed by atoms with van der Waals surface area (Å²) in [7, 11) is 0. The van der Waals surface area contributed by atoms with Gasteiger partial charge in [-0.25, -0.2) is 9.98 Å². The van der Waals surface area contributed by atoms with Gasteiger partial charge < -0.3 is 0 Å². The van der Waals surface area contributed by atoms with Crippen LogP contribution in [0.5, 0.6) is 0 Å². The first-order chi connectivity index (χ1) is 6.84. The average Bonchev–Trinajstić information content (AvgIpc) is 2.67. The fraction of sp³-hybridized carbons (Fsp3) is 0. The normalized spacial score (nSPS) is 10.9. The molecule has 0 aliphatic heterocycles. The Morgan fingerprint density at radius 1 is 1.36 bits per heavy atom. The third-order valence-electron chi connectivity index (χ3n) is 1.59. The van der Waals surface area contributed by atoms with Crippen LogP contribution < -0.4 is 0 Å². The number of aliphatic imine (C=N–C) groups is 1. The van der Waals surface area contributed by atoms with E-state index in [0.29, 0.717) is 5.82 Å². The summed E-state index contributed by atoms with van der Waals surface area (Å²) in [6.07, 6.45) is 1.81. The minimum atomic E-state index is 0.713. The van der Waals surface area contributed by atoms with Gasteiger partial charge in [-0.2, -0.15) is 11.3 Å². The van der Waals surface area contributed by atoms with Crippen LogP contribution in [0.3, 0.4) is 0 Å². The van der Waals surface area contributed by atoms with Crippen molar-refractivity contribution in [2.75, 3.05) is 0 Å². The van der Waals surface area contributed by atoms with E-state index in [1.54, 1.807) is 11.3 Å². The number of hydrogen-bond donors (Lipinski definition) is 0. The van der Waals surface area contributed by atoms with Crippen LogP contribution in [-0.2, 0) is 0 Å². The highest BCUT2D eigenvalue weighted by Crippen LogP contribution is 2.13. The van der Waals surface area contributed by atoms with E-state index in [1.165, 1.54) is 0 Å². The number of pyridine rings is 1. The molecular weight excluding hydrogens is 260 g/mol. The molecule has 70 valence electrons. The molecule has 2 aromatic rings. The second kappa shape index (κ2) is 4.48. The summed E-state index contributed by atoms with van der Waals surface area (Å²) in [5, 5.41) is 4.07. The lowest BCUT2D eigenvalue weighted by Gasteiger charge is -1.92. The maximum absolute atomic E-state index is 4.25. The van der Waals surface area contributed by atoms with Gasteiger partial charge in [0.15, 0.2) is 5.82 Å². The number of thiophene rings is 1. The van der Waals surface area contributed by atoms with Crippen molar-refractivity contribution in [3.05, 3.63) is 45.2 Å². The molecule has 0 aromatic carbocycles. The summed E-state index contributed by atoms with van der Waals surface area (Å²) in [5.41, 5.74) is 1.11. The van der Waals surface area contributed by atoms with Gasteiger partial charge in [-0.05, 0) is 44.9 Å². The van der Waals surface area contributed by atoms with Gasteiger partial charge >= 0.3 is 0 Å². The molecule has 2 rings (SSSR count). The molecule has 14 heavy (non-hydrogen) atoms. The summed E-state index contributed by atoms with van der Waals surface area (Å²) in [5.74, 6) is 0.713. The zero-order chi connectivity index (χ0) is 9.80. The number of rotatable bonds is 2. The van der Waals surface area contributed by atoms with Crippen molar-refractivity contribution in [3.63, 3.8) is 0 Å². The van der Waals surface area contributed by atoms with Crippen molar-refractivity contribution in [2.24, 2.45) is 4.99 Å². The van der Waals surface area contributed by atoms with E-state index < -0.39 is 0 Å². The molecule has 2 aromatic heterocycles. The fourth-order valence-corrected chi connectivity index (χ4v) is 1.90. The lowest BCUT2D eigenvalue weighted by molar-refractivity contribution is 1.24. The van der Waals surface area contributed by atoms with Crippen LogP contribution in [0.15, 0.2) is 44.6 Å². The maximum Gasteiger partial charge on any atom is 0.153 e. The van der Waals surface area contributed by atoms with Crippen LogP contribution in [0.1, 0.15) is 5.56 Å². The van der Waals surface area contributed by atoms with Crippen molar-refractivity contribution in [2.45, 2.75) is 0 Å². The lowest BCUT2D eigenvalue weighted by atomic mass is 10.4. The van der Waals surface area contributed by atoms with Crippen molar-refractivity contribution in [1.82, 2.24) is 4.98 Å². The summed E-state index contributed by atoms with van der Waals surface area (Å²) in [4.78, 5) is 8.44. The van der Waals surface area contributed by atoms with E-state index in [-0.39, 0.29) is 0 Å². The predicted molar refractivity (Wildman–Crippen MR) is 63.5 cm³/mol. The van der Waals surface area contributed by atoms with E-state index >= 15 is 0 Å². The van der Waals surface area contributed by atoms with Crippen LogP contribution in [0.4, 0.5) is 5.82 Å². The van der Waals surface area contributed by atoms with Crippen LogP contribution in [0.2, 0.25) is 0 Å². The molecule has 2 heterocycles. The first-order valence-corrected chi connectivity index (χ1v) is 5.77. The smallest absolute Gasteiger partial charge is 0.153 e. The Kier molecular flexibility index (Phi) is 3.06. The van der Waals surface area contributed by atoms with Gasteiger partial charge in [0.05, 0.1) is 0 Å². The number of halogens is 1. The minimum absolute atomic E-state index is 0.713. The Morgan fingerprint density at radius 3 is 3.00 bits per heavy atom. The van der Waals surface area contributed by atoms with E-state index in [0.717, 1.165) is 10.2 Å². The second-order valence-corrected chi connectivity index (χ2v) is 4.23. The number of nitrogens with zero attached hydrogens (tertiary/aromatic N) is 2. The van der Waals surface area contributed by atoms with Gasteiger partial charge in [-0.1, -0.05) is 6.07 Å². The largest absolute Gasteiger partial charge is 0.236 e. The molecule has 0 fully saturated rings. The monoisotopic (exact) mass is 266 g/mol. The van der Waals surface area contributed by atoms with Crippen molar-refractivity contribution >= 4 is 39.3 Å². The molecule has 0 N–H and O–H groups in total. The lowest BCUT2D eigenvalue weighted by Crippen LogP contribution is -1.77. The molecule has 0 radical (unpaired) electrons. The zero-order valence-corrected chi connectivity index (χ0v) is 9.62. The SMILES string of the molecule is Brc1cccc(/N=C/c2ccsc2)n1. The molecule has 4 heteroatoms. The standard InChI is InChI=1S/C10H7BrN2S/c11-9-2-1-3-10(13-9)12-6-8-4-5-14-7-8/h1-7H/b12-6+. The Morgan fingerprint density at radius 2 is 2.29 bits per heavy atom. The summed E-state index contributed by atoms with van der Waals surface area (Å²) in [6, 6.07) is 7.68. The molecule has 0 saturated carbocycles. The topological polar surface area (TPSA) is 25.2 Å². The van der Waals surface area contributed by atoms with E-state index in [2.05, 4.69) is 25.9 Å². The van der Waals surface area contributed by atoms with Crippen molar-refractivity contribution in [1.29, 1.82) is 0 Å². The third kappa shape index (κ3) is 2.49. The Bertz CT molecular complexity index is 437. The van der Waals surface area contributed by atoms with E-state index in [9.17, 15) is 0 Å². The maximum atomic E-state index is 4.25. The number of aromatic nitrogens is 1. The molecule has 0 spiro atoms. The summed E-state index contributed by atoms with van der Waals surface area (Å²) < 4.78 is 0.803. The molecule has 0 amide bonds. The average molecular weight is 267 g/mol. The molecule has 0 aliphatic carbocycles.